The predicted molar refractivity (Wildman–Crippen MR) is 65.3 cm³/mol. The molecule has 2 atom stereocenters. The van der Waals surface area contributed by atoms with Gasteiger partial charge in [-0.2, -0.15) is 36.2 Å². The van der Waals surface area contributed by atoms with Gasteiger partial charge in [0.05, 0.1) is 12.7 Å². The highest BCUT2D eigenvalue weighted by atomic mass is 32.2. The topological polar surface area (TPSA) is 12.5 Å². The fourth-order valence-corrected chi connectivity index (χ4v) is 4.69. The van der Waals surface area contributed by atoms with Crippen molar-refractivity contribution in [2.45, 2.75) is 29.4 Å². The molecule has 4 heteroatoms. The van der Waals surface area contributed by atoms with E-state index in [1.807, 2.05) is 0 Å². The molecule has 2 rings (SSSR count). The van der Waals surface area contributed by atoms with Crippen LogP contribution in [0.25, 0.3) is 0 Å². The fraction of sp³-hybridized carbons (Fsp3) is 1.00. The molecule has 2 aliphatic heterocycles. The molecule has 0 aromatic carbocycles. The van der Waals surface area contributed by atoms with E-state index in [1.165, 1.54) is 24.3 Å². The molecule has 0 saturated carbocycles. The minimum atomic E-state index is 0.588. The van der Waals surface area contributed by atoms with Gasteiger partial charge < -0.3 is 4.74 Å². The second-order valence-electron chi connectivity index (χ2n) is 3.62. The first-order valence-electron chi connectivity index (χ1n) is 4.84. The molecule has 1 nitrogen and oxygen atoms in total. The molecule has 0 bridgehead atoms. The van der Waals surface area contributed by atoms with Crippen molar-refractivity contribution in [2.75, 3.05) is 23.9 Å². The summed E-state index contributed by atoms with van der Waals surface area (Å²) in [7, 11) is 0. The van der Waals surface area contributed by atoms with Gasteiger partial charge >= 0.3 is 0 Å². The van der Waals surface area contributed by atoms with E-state index in [1.54, 1.807) is 0 Å². The summed E-state index contributed by atoms with van der Waals surface area (Å²) in [5.41, 5.74) is 0. The Hall–Kier alpha value is 1.01. The van der Waals surface area contributed by atoms with Crippen LogP contribution >= 0.6 is 36.2 Å². The molecule has 13 heavy (non-hydrogen) atoms. The Kier molecular flexibility index (Phi) is 4.20. The van der Waals surface area contributed by atoms with Gasteiger partial charge in [0.1, 0.15) is 0 Å². The molecule has 76 valence electrons. The van der Waals surface area contributed by atoms with Crippen molar-refractivity contribution in [3.63, 3.8) is 0 Å². The summed E-state index contributed by atoms with van der Waals surface area (Å²) in [5.74, 6) is 3.74. The number of hydrogen-bond acceptors (Lipinski definition) is 4. The zero-order valence-electron chi connectivity index (χ0n) is 7.65. The molecule has 2 heterocycles. The lowest BCUT2D eigenvalue weighted by Gasteiger charge is -2.28. The standard InChI is InChI=1S/C9H16OS3/c11-2-1-8(3-7-4-10-7)13-9-5-12-6-9/h7-9,11H,1-6H2. The maximum absolute atomic E-state index is 5.28. The third-order valence-electron chi connectivity index (χ3n) is 2.37. The SMILES string of the molecule is SCCC(CC1CO1)SC1CSC1. The van der Waals surface area contributed by atoms with E-state index in [2.05, 4.69) is 36.2 Å². The Morgan fingerprint density at radius 2 is 2.31 bits per heavy atom. The van der Waals surface area contributed by atoms with Crippen LogP contribution in [-0.4, -0.2) is 40.5 Å². The van der Waals surface area contributed by atoms with Crippen molar-refractivity contribution in [1.29, 1.82) is 0 Å². The minimum Gasteiger partial charge on any atom is -0.373 e. The predicted octanol–water partition coefficient (Wildman–Crippen LogP) is 2.31. The van der Waals surface area contributed by atoms with Crippen molar-refractivity contribution in [2.24, 2.45) is 0 Å². The van der Waals surface area contributed by atoms with E-state index < -0.39 is 0 Å². The minimum absolute atomic E-state index is 0.588. The fourth-order valence-electron chi connectivity index (χ4n) is 1.45. The average Bonchev–Trinajstić information content (AvgIpc) is 2.81. The first-order valence-corrected chi connectivity index (χ1v) is 7.57. The smallest absolute Gasteiger partial charge is 0.0820 e. The third kappa shape index (κ3) is 3.57. The highest BCUT2D eigenvalue weighted by Gasteiger charge is 2.29. The van der Waals surface area contributed by atoms with Crippen molar-refractivity contribution in [1.82, 2.24) is 0 Å². The van der Waals surface area contributed by atoms with E-state index in [4.69, 9.17) is 4.74 Å². The van der Waals surface area contributed by atoms with Crippen LogP contribution in [0.4, 0.5) is 0 Å². The van der Waals surface area contributed by atoms with Crippen LogP contribution in [0.1, 0.15) is 12.8 Å². The summed E-state index contributed by atoms with van der Waals surface area (Å²) in [6.07, 6.45) is 3.09. The lowest BCUT2D eigenvalue weighted by molar-refractivity contribution is 0.393. The molecule has 2 aliphatic rings. The monoisotopic (exact) mass is 236 g/mol. The summed E-state index contributed by atoms with van der Waals surface area (Å²) in [6.45, 7) is 1.00. The van der Waals surface area contributed by atoms with Crippen molar-refractivity contribution in [3.8, 4) is 0 Å². The van der Waals surface area contributed by atoms with E-state index in [-0.39, 0.29) is 0 Å². The number of thiol groups is 1. The maximum atomic E-state index is 5.28. The van der Waals surface area contributed by atoms with Gasteiger partial charge in [-0.3, -0.25) is 0 Å². The molecule has 0 radical (unpaired) electrons. The molecule has 2 unspecified atom stereocenters. The first kappa shape index (κ1) is 10.5. The molecule has 2 saturated heterocycles. The Morgan fingerprint density at radius 1 is 1.54 bits per heavy atom. The highest BCUT2D eigenvalue weighted by molar-refractivity contribution is 8.07. The normalized spacial score (nSPS) is 29.8. The molecular weight excluding hydrogens is 220 g/mol. The molecule has 0 aromatic rings. The molecule has 0 spiro atoms. The van der Waals surface area contributed by atoms with Crippen LogP contribution < -0.4 is 0 Å². The van der Waals surface area contributed by atoms with E-state index in [0.717, 1.165) is 22.9 Å². The number of epoxide rings is 1. The summed E-state index contributed by atoms with van der Waals surface area (Å²) in [6, 6.07) is 0. The van der Waals surface area contributed by atoms with Gasteiger partial charge in [-0.25, -0.2) is 0 Å². The molecule has 2 fully saturated rings. The lowest BCUT2D eigenvalue weighted by atomic mass is 10.2. The van der Waals surface area contributed by atoms with Gasteiger partial charge in [0.15, 0.2) is 0 Å². The molecular formula is C9H16OS3. The number of ether oxygens (including phenoxy) is 1. The Bertz CT molecular complexity index is 157. The summed E-state index contributed by atoms with van der Waals surface area (Å²) in [4.78, 5) is 0. The van der Waals surface area contributed by atoms with Crippen LogP contribution in [0.15, 0.2) is 0 Å². The molecule has 0 N–H and O–H groups in total. The average molecular weight is 236 g/mol. The van der Waals surface area contributed by atoms with Gasteiger partial charge in [-0.15, -0.1) is 0 Å². The Balaban J connectivity index is 1.67. The van der Waals surface area contributed by atoms with Crippen molar-refractivity contribution < 1.29 is 4.74 Å². The maximum Gasteiger partial charge on any atom is 0.0820 e. The van der Waals surface area contributed by atoms with Gasteiger partial charge in [0.2, 0.25) is 0 Å². The van der Waals surface area contributed by atoms with Gasteiger partial charge in [-0.05, 0) is 18.6 Å². The van der Waals surface area contributed by atoms with Crippen LogP contribution in [0.3, 0.4) is 0 Å². The zero-order valence-corrected chi connectivity index (χ0v) is 10.2. The first-order chi connectivity index (χ1) is 6.38. The van der Waals surface area contributed by atoms with E-state index in [0.29, 0.717) is 6.10 Å². The van der Waals surface area contributed by atoms with E-state index in [9.17, 15) is 0 Å². The second-order valence-corrected chi connectivity index (χ2v) is 6.75. The van der Waals surface area contributed by atoms with Gasteiger partial charge in [0, 0.05) is 22.0 Å². The molecule has 0 amide bonds. The van der Waals surface area contributed by atoms with Crippen LogP contribution in [0.5, 0.6) is 0 Å². The van der Waals surface area contributed by atoms with Crippen LogP contribution in [-0.2, 0) is 4.74 Å². The van der Waals surface area contributed by atoms with Crippen molar-refractivity contribution in [3.05, 3.63) is 0 Å². The number of hydrogen-bond donors (Lipinski definition) is 1. The van der Waals surface area contributed by atoms with Crippen molar-refractivity contribution >= 4 is 36.2 Å². The Morgan fingerprint density at radius 3 is 2.77 bits per heavy atom. The van der Waals surface area contributed by atoms with E-state index >= 15 is 0 Å². The second kappa shape index (κ2) is 5.19. The number of thioether (sulfide) groups is 2. The molecule has 0 aliphatic carbocycles. The van der Waals surface area contributed by atoms with Crippen LogP contribution in [0, 0.1) is 0 Å². The summed E-state index contributed by atoms with van der Waals surface area (Å²) >= 11 is 8.56. The largest absolute Gasteiger partial charge is 0.373 e. The summed E-state index contributed by atoms with van der Waals surface area (Å²) in [5, 5.41) is 1.73. The zero-order chi connectivity index (χ0) is 9.10. The quantitative estimate of drug-likeness (QED) is 0.562. The van der Waals surface area contributed by atoms with Gasteiger partial charge in [-0.1, -0.05) is 0 Å². The highest BCUT2D eigenvalue weighted by Crippen LogP contribution is 2.36. The number of rotatable bonds is 6. The Labute approximate surface area is 94.2 Å². The third-order valence-corrected chi connectivity index (χ3v) is 5.86. The van der Waals surface area contributed by atoms with Gasteiger partial charge in [0.25, 0.3) is 0 Å². The molecule has 0 aromatic heterocycles. The van der Waals surface area contributed by atoms with Crippen LogP contribution in [0.2, 0.25) is 0 Å². The summed E-state index contributed by atoms with van der Waals surface area (Å²) < 4.78 is 5.28. The lowest BCUT2D eigenvalue weighted by Crippen LogP contribution is -2.25.